The van der Waals surface area contributed by atoms with E-state index in [9.17, 15) is 9.59 Å². The molecule has 0 aromatic carbocycles. The topological polar surface area (TPSA) is 49.4 Å². The van der Waals surface area contributed by atoms with Crippen molar-refractivity contribution in [3.8, 4) is 0 Å². The molecular weight excluding hydrogens is 240 g/mol. The van der Waals surface area contributed by atoms with Crippen molar-refractivity contribution in [1.29, 1.82) is 0 Å². The first-order valence-electron chi connectivity index (χ1n) is 7.56. The van der Waals surface area contributed by atoms with Crippen molar-refractivity contribution in [3.63, 3.8) is 0 Å². The van der Waals surface area contributed by atoms with Crippen LogP contribution in [0.2, 0.25) is 0 Å². The maximum atomic E-state index is 12.6. The molecule has 4 heteroatoms. The van der Waals surface area contributed by atoms with Gasteiger partial charge in [-0.05, 0) is 26.7 Å². The van der Waals surface area contributed by atoms with Crippen LogP contribution in [0.4, 0.5) is 0 Å². The van der Waals surface area contributed by atoms with Gasteiger partial charge in [0.25, 0.3) is 0 Å². The summed E-state index contributed by atoms with van der Waals surface area (Å²) in [6.45, 7) is 8.61. The SMILES string of the molecule is CCCCCC(C)N1CCC(=O)NC(C)(CC)C1=O. The van der Waals surface area contributed by atoms with Gasteiger partial charge in [0.05, 0.1) is 0 Å². The summed E-state index contributed by atoms with van der Waals surface area (Å²) >= 11 is 0. The Kier molecular flexibility index (Phi) is 5.83. The quantitative estimate of drug-likeness (QED) is 0.752. The number of nitrogens with zero attached hydrogens (tertiary/aromatic N) is 1. The minimum Gasteiger partial charge on any atom is -0.342 e. The summed E-state index contributed by atoms with van der Waals surface area (Å²) in [4.78, 5) is 26.3. The molecule has 1 aliphatic rings. The van der Waals surface area contributed by atoms with E-state index in [1.807, 2.05) is 18.7 Å². The van der Waals surface area contributed by atoms with E-state index in [1.165, 1.54) is 12.8 Å². The van der Waals surface area contributed by atoms with Gasteiger partial charge >= 0.3 is 0 Å². The van der Waals surface area contributed by atoms with Crippen LogP contribution in [0.5, 0.6) is 0 Å². The average Bonchev–Trinajstić information content (AvgIpc) is 2.48. The van der Waals surface area contributed by atoms with Crippen molar-refractivity contribution in [1.82, 2.24) is 10.2 Å². The van der Waals surface area contributed by atoms with Gasteiger partial charge in [-0.2, -0.15) is 0 Å². The van der Waals surface area contributed by atoms with E-state index >= 15 is 0 Å². The number of amides is 2. The van der Waals surface area contributed by atoms with Gasteiger partial charge in [-0.3, -0.25) is 9.59 Å². The molecule has 1 saturated heterocycles. The molecule has 1 N–H and O–H groups in total. The Balaban J connectivity index is 2.75. The zero-order valence-corrected chi connectivity index (χ0v) is 12.8. The lowest BCUT2D eigenvalue weighted by molar-refractivity contribution is -0.140. The lowest BCUT2D eigenvalue weighted by Crippen LogP contribution is -2.56. The van der Waals surface area contributed by atoms with Crippen LogP contribution < -0.4 is 5.32 Å². The largest absolute Gasteiger partial charge is 0.342 e. The molecule has 0 aromatic heterocycles. The first-order valence-corrected chi connectivity index (χ1v) is 7.56. The van der Waals surface area contributed by atoms with Crippen LogP contribution >= 0.6 is 0 Å². The van der Waals surface area contributed by atoms with Crippen LogP contribution in [0, 0.1) is 0 Å². The molecule has 110 valence electrons. The molecule has 0 aliphatic carbocycles. The van der Waals surface area contributed by atoms with E-state index in [0.29, 0.717) is 19.4 Å². The minimum absolute atomic E-state index is 0.0130. The van der Waals surface area contributed by atoms with Crippen LogP contribution in [0.15, 0.2) is 0 Å². The molecule has 1 heterocycles. The van der Waals surface area contributed by atoms with Crippen molar-refractivity contribution < 1.29 is 9.59 Å². The number of carbonyl (C=O) groups is 2. The van der Waals surface area contributed by atoms with Crippen molar-refractivity contribution in [2.45, 2.75) is 77.8 Å². The molecule has 0 radical (unpaired) electrons. The predicted molar refractivity (Wildman–Crippen MR) is 76.8 cm³/mol. The van der Waals surface area contributed by atoms with E-state index in [1.54, 1.807) is 0 Å². The molecular formula is C15H28N2O2. The highest BCUT2D eigenvalue weighted by atomic mass is 16.2. The summed E-state index contributed by atoms with van der Waals surface area (Å²) < 4.78 is 0. The molecule has 1 fully saturated rings. The van der Waals surface area contributed by atoms with Gasteiger partial charge in [0.2, 0.25) is 11.8 Å². The van der Waals surface area contributed by atoms with Crippen LogP contribution in [0.1, 0.15) is 66.2 Å². The highest BCUT2D eigenvalue weighted by molar-refractivity contribution is 5.93. The van der Waals surface area contributed by atoms with Gasteiger partial charge in [-0.15, -0.1) is 0 Å². The van der Waals surface area contributed by atoms with Crippen molar-refractivity contribution in [2.24, 2.45) is 0 Å². The Morgan fingerprint density at radius 2 is 2.00 bits per heavy atom. The second-order valence-corrected chi connectivity index (χ2v) is 5.83. The number of hydrogen-bond acceptors (Lipinski definition) is 2. The molecule has 0 spiro atoms. The number of nitrogens with one attached hydrogen (secondary N) is 1. The molecule has 0 saturated carbocycles. The first-order chi connectivity index (χ1) is 8.94. The molecule has 0 aromatic rings. The Labute approximate surface area is 116 Å². The fourth-order valence-corrected chi connectivity index (χ4v) is 2.57. The van der Waals surface area contributed by atoms with Gasteiger partial charge in [0.1, 0.15) is 5.54 Å². The smallest absolute Gasteiger partial charge is 0.248 e. The molecule has 1 aliphatic heterocycles. The van der Waals surface area contributed by atoms with Crippen molar-refractivity contribution in [2.75, 3.05) is 6.54 Å². The second-order valence-electron chi connectivity index (χ2n) is 5.83. The third-order valence-electron chi connectivity index (χ3n) is 4.19. The normalized spacial score (nSPS) is 26.0. The minimum atomic E-state index is -0.730. The first kappa shape index (κ1) is 16.0. The van der Waals surface area contributed by atoms with Crippen molar-refractivity contribution in [3.05, 3.63) is 0 Å². The molecule has 1 rings (SSSR count). The van der Waals surface area contributed by atoms with Gasteiger partial charge in [0, 0.05) is 19.0 Å². The average molecular weight is 268 g/mol. The lowest BCUT2D eigenvalue weighted by atomic mass is 9.96. The monoisotopic (exact) mass is 268 g/mol. The third kappa shape index (κ3) is 3.95. The van der Waals surface area contributed by atoms with E-state index in [4.69, 9.17) is 0 Å². The molecule has 2 atom stereocenters. The number of carbonyl (C=O) groups excluding carboxylic acids is 2. The standard InChI is InChI=1S/C15H28N2O2/c1-5-7-8-9-12(3)17-11-10-13(18)16-15(4,6-2)14(17)19/h12H,5-11H2,1-4H3,(H,16,18). The van der Waals surface area contributed by atoms with Gasteiger partial charge < -0.3 is 10.2 Å². The maximum absolute atomic E-state index is 12.6. The van der Waals surface area contributed by atoms with E-state index in [-0.39, 0.29) is 17.9 Å². The van der Waals surface area contributed by atoms with Crippen LogP contribution in [0.3, 0.4) is 0 Å². The number of rotatable bonds is 6. The summed E-state index contributed by atoms with van der Waals surface area (Å²) in [5.74, 6) is 0.0609. The summed E-state index contributed by atoms with van der Waals surface area (Å²) in [6.07, 6.45) is 5.61. The summed E-state index contributed by atoms with van der Waals surface area (Å²) in [5, 5.41) is 2.88. The summed E-state index contributed by atoms with van der Waals surface area (Å²) in [7, 11) is 0. The lowest BCUT2D eigenvalue weighted by Gasteiger charge is -2.35. The molecule has 4 nitrogen and oxygen atoms in total. The predicted octanol–water partition coefficient (Wildman–Crippen LogP) is 2.47. The van der Waals surface area contributed by atoms with Gasteiger partial charge in [-0.1, -0.05) is 33.1 Å². The fraction of sp³-hybridized carbons (Fsp3) is 0.867. The summed E-state index contributed by atoms with van der Waals surface area (Å²) in [5.41, 5.74) is -0.730. The number of hydrogen-bond donors (Lipinski definition) is 1. The molecule has 0 bridgehead atoms. The Morgan fingerprint density at radius 1 is 1.32 bits per heavy atom. The maximum Gasteiger partial charge on any atom is 0.248 e. The third-order valence-corrected chi connectivity index (χ3v) is 4.19. The zero-order valence-electron chi connectivity index (χ0n) is 12.8. The van der Waals surface area contributed by atoms with E-state index < -0.39 is 5.54 Å². The highest BCUT2D eigenvalue weighted by Gasteiger charge is 2.40. The zero-order chi connectivity index (χ0) is 14.5. The Bertz CT molecular complexity index is 330. The number of unbranched alkanes of at least 4 members (excludes halogenated alkanes) is 2. The molecule has 2 amide bonds. The molecule has 19 heavy (non-hydrogen) atoms. The van der Waals surface area contributed by atoms with Crippen LogP contribution in [-0.4, -0.2) is 34.8 Å². The van der Waals surface area contributed by atoms with E-state index in [0.717, 1.165) is 12.8 Å². The summed E-state index contributed by atoms with van der Waals surface area (Å²) in [6, 6.07) is 0.220. The highest BCUT2D eigenvalue weighted by Crippen LogP contribution is 2.21. The van der Waals surface area contributed by atoms with Crippen LogP contribution in [-0.2, 0) is 9.59 Å². The fourth-order valence-electron chi connectivity index (χ4n) is 2.57. The molecule has 2 unspecified atom stereocenters. The second kappa shape index (κ2) is 6.92. The Morgan fingerprint density at radius 3 is 2.58 bits per heavy atom. The van der Waals surface area contributed by atoms with Crippen LogP contribution in [0.25, 0.3) is 0 Å². The van der Waals surface area contributed by atoms with Gasteiger partial charge in [0.15, 0.2) is 0 Å². The van der Waals surface area contributed by atoms with Crippen molar-refractivity contribution >= 4 is 11.8 Å². The Hall–Kier alpha value is -1.06. The van der Waals surface area contributed by atoms with E-state index in [2.05, 4.69) is 19.2 Å². The van der Waals surface area contributed by atoms with Gasteiger partial charge in [-0.25, -0.2) is 0 Å².